The van der Waals surface area contributed by atoms with Gasteiger partial charge < -0.3 is 0 Å². The van der Waals surface area contributed by atoms with E-state index in [0.717, 1.165) is 18.7 Å². The monoisotopic (exact) mass is 291 g/mol. The first kappa shape index (κ1) is 11.0. The molecule has 3 rings (SSSR count). The summed E-state index contributed by atoms with van der Waals surface area (Å²) in [6.07, 6.45) is 3.19. The summed E-state index contributed by atoms with van der Waals surface area (Å²) in [4.78, 5) is 0.268. The molecule has 2 unspecified atom stereocenters. The molecule has 2 aromatic rings. The summed E-state index contributed by atoms with van der Waals surface area (Å²) in [7, 11) is 0. The van der Waals surface area contributed by atoms with Crippen LogP contribution in [-0.4, -0.2) is 15.0 Å². The van der Waals surface area contributed by atoms with Gasteiger partial charge >= 0.3 is 0 Å². The molecule has 0 N–H and O–H groups in total. The summed E-state index contributed by atoms with van der Waals surface area (Å²) >= 11 is 3.50. The van der Waals surface area contributed by atoms with Crippen molar-refractivity contribution >= 4 is 15.9 Å². The van der Waals surface area contributed by atoms with Gasteiger partial charge in [-0.1, -0.05) is 45.4 Å². The van der Waals surface area contributed by atoms with Gasteiger partial charge in [-0.05, 0) is 24.5 Å². The molecule has 0 aliphatic heterocycles. The van der Waals surface area contributed by atoms with Gasteiger partial charge in [0.15, 0.2) is 0 Å². The molecule has 0 amide bonds. The van der Waals surface area contributed by atoms with Crippen molar-refractivity contribution in [2.75, 3.05) is 0 Å². The van der Waals surface area contributed by atoms with Crippen molar-refractivity contribution in [3.63, 3.8) is 0 Å². The van der Waals surface area contributed by atoms with Gasteiger partial charge in [0.2, 0.25) is 0 Å². The minimum absolute atomic E-state index is 0.268. The van der Waals surface area contributed by atoms with Gasteiger partial charge in [-0.3, -0.25) is 4.68 Å². The van der Waals surface area contributed by atoms with Crippen LogP contribution in [0.4, 0.5) is 0 Å². The van der Waals surface area contributed by atoms with Crippen LogP contribution in [0.15, 0.2) is 30.5 Å². The summed E-state index contributed by atoms with van der Waals surface area (Å²) < 4.78 is 1.95. The van der Waals surface area contributed by atoms with Crippen LogP contribution < -0.4 is 0 Å². The third kappa shape index (κ3) is 2.02. The van der Waals surface area contributed by atoms with Crippen molar-refractivity contribution in [3.05, 3.63) is 47.3 Å². The normalized spacial score (nSPS) is 19.5. The van der Waals surface area contributed by atoms with E-state index in [1.165, 1.54) is 11.1 Å². The van der Waals surface area contributed by atoms with Gasteiger partial charge in [0, 0.05) is 18.7 Å². The Hall–Kier alpha value is -1.16. The molecular weight excluding hydrogens is 278 g/mol. The van der Waals surface area contributed by atoms with Gasteiger partial charge in [-0.2, -0.15) is 0 Å². The molecule has 88 valence electrons. The van der Waals surface area contributed by atoms with Crippen molar-refractivity contribution in [1.29, 1.82) is 0 Å². The quantitative estimate of drug-likeness (QED) is 0.814. The fourth-order valence-electron chi connectivity index (χ4n) is 2.34. The van der Waals surface area contributed by atoms with Crippen molar-refractivity contribution in [2.24, 2.45) is 0 Å². The SMILES string of the molecule is CC(Br)c1cn(CC2Cc3ccccc32)nn1. The van der Waals surface area contributed by atoms with E-state index in [4.69, 9.17) is 0 Å². The standard InChI is InChI=1S/C13H14BrN3/c1-9(14)13-8-17(16-15-13)7-11-6-10-4-2-3-5-12(10)11/h2-5,8-9,11H,6-7H2,1H3. The molecule has 0 radical (unpaired) electrons. The van der Waals surface area contributed by atoms with Gasteiger partial charge in [0.05, 0.1) is 10.5 Å². The first-order valence-corrected chi connectivity index (χ1v) is 6.77. The second-order valence-corrected chi connectivity index (χ2v) is 5.95. The lowest BCUT2D eigenvalue weighted by Gasteiger charge is -2.29. The minimum Gasteiger partial charge on any atom is -0.252 e. The molecule has 0 saturated heterocycles. The van der Waals surface area contributed by atoms with E-state index in [-0.39, 0.29) is 4.83 Å². The van der Waals surface area contributed by atoms with E-state index < -0.39 is 0 Å². The second kappa shape index (κ2) is 4.26. The first-order valence-electron chi connectivity index (χ1n) is 5.86. The molecule has 0 saturated carbocycles. The highest BCUT2D eigenvalue weighted by atomic mass is 79.9. The molecule has 1 aromatic heterocycles. The Morgan fingerprint density at radius 2 is 2.29 bits per heavy atom. The van der Waals surface area contributed by atoms with Gasteiger partial charge in [-0.15, -0.1) is 5.10 Å². The highest BCUT2D eigenvalue weighted by Gasteiger charge is 2.26. The van der Waals surface area contributed by atoms with Crippen molar-refractivity contribution in [3.8, 4) is 0 Å². The Morgan fingerprint density at radius 1 is 1.47 bits per heavy atom. The van der Waals surface area contributed by atoms with E-state index in [1.54, 1.807) is 0 Å². The topological polar surface area (TPSA) is 30.7 Å². The molecular formula is C13H14BrN3. The van der Waals surface area contributed by atoms with Crippen molar-refractivity contribution in [1.82, 2.24) is 15.0 Å². The van der Waals surface area contributed by atoms with E-state index >= 15 is 0 Å². The fraction of sp³-hybridized carbons (Fsp3) is 0.385. The lowest BCUT2D eigenvalue weighted by atomic mass is 9.78. The van der Waals surface area contributed by atoms with Crippen LogP contribution in [0.25, 0.3) is 0 Å². The van der Waals surface area contributed by atoms with Crippen molar-refractivity contribution < 1.29 is 0 Å². The van der Waals surface area contributed by atoms with Crippen LogP contribution in [0.3, 0.4) is 0 Å². The zero-order valence-electron chi connectivity index (χ0n) is 9.68. The molecule has 1 heterocycles. The smallest absolute Gasteiger partial charge is 0.0960 e. The minimum atomic E-state index is 0.268. The average molecular weight is 292 g/mol. The lowest BCUT2D eigenvalue weighted by molar-refractivity contribution is 0.465. The average Bonchev–Trinajstić information content (AvgIpc) is 2.75. The van der Waals surface area contributed by atoms with Crippen LogP contribution in [0.5, 0.6) is 0 Å². The first-order chi connectivity index (χ1) is 8.24. The van der Waals surface area contributed by atoms with Gasteiger partial charge in [0.1, 0.15) is 0 Å². The highest BCUT2D eigenvalue weighted by Crippen LogP contribution is 2.35. The molecule has 4 heteroatoms. The maximum atomic E-state index is 4.17. The fourth-order valence-corrected chi connectivity index (χ4v) is 2.55. The Bertz CT molecular complexity index is 533. The number of benzene rings is 1. The number of halogens is 1. The number of hydrogen-bond donors (Lipinski definition) is 0. The zero-order chi connectivity index (χ0) is 11.8. The Balaban J connectivity index is 1.73. The summed E-state index contributed by atoms with van der Waals surface area (Å²) in [6.45, 7) is 3.00. The van der Waals surface area contributed by atoms with E-state index in [1.807, 2.05) is 10.9 Å². The summed E-state index contributed by atoms with van der Waals surface area (Å²) in [6, 6.07) is 8.64. The summed E-state index contributed by atoms with van der Waals surface area (Å²) in [5.74, 6) is 0.603. The Kier molecular flexibility index (Phi) is 2.74. The van der Waals surface area contributed by atoms with Crippen molar-refractivity contribution in [2.45, 2.75) is 30.6 Å². The lowest BCUT2D eigenvalue weighted by Crippen LogP contribution is -2.22. The molecule has 2 atom stereocenters. The molecule has 0 bridgehead atoms. The Labute approximate surface area is 109 Å². The van der Waals surface area contributed by atoms with E-state index in [2.05, 4.69) is 57.4 Å². The summed E-state index contributed by atoms with van der Waals surface area (Å²) in [5.41, 5.74) is 3.95. The second-order valence-electron chi connectivity index (χ2n) is 4.58. The summed E-state index contributed by atoms with van der Waals surface area (Å²) in [5, 5.41) is 8.32. The maximum Gasteiger partial charge on any atom is 0.0960 e. The van der Waals surface area contributed by atoms with Gasteiger partial charge in [-0.25, -0.2) is 0 Å². The molecule has 1 aromatic carbocycles. The number of nitrogens with zero attached hydrogens (tertiary/aromatic N) is 3. The van der Waals surface area contributed by atoms with Gasteiger partial charge in [0.25, 0.3) is 0 Å². The number of fused-ring (bicyclic) bond motifs is 1. The van der Waals surface area contributed by atoms with Crippen LogP contribution >= 0.6 is 15.9 Å². The van der Waals surface area contributed by atoms with Crippen LogP contribution in [0, 0.1) is 0 Å². The third-order valence-corrected chi connectivity index (χ3v) is 3.80. The highest BCUT2D eigenvalue weighted by molar-refractivity contribution is 9.09. The molecule has 17 heavy (non-hydrogen) atoms. The largest absolute Gasteiger partial charge is 0.252 e. The maximum absolute atomic E-state index is 4.17. The Morgan fingerprint density at radius 3 is 3.00 bits per heavy atom. The van der Waals surface area contributed by atoms with Crippen LogP contribution in [0.2, 0.25) is 0 Å². The van der Waals surface area contributed by atoms with Crippen LogP contribution in [-0.2, 0) is 13.0 Å². The van der Waals surface area contributed by atoms with E-state index in [9.17, 15) is 0 Å². The number of aromatic nitrogens is 3. The zero-order valence-corrected chi connectivity index (χ0v) is 11.3. The number of hydrogen-bond acceptors (Lipinski definition) is 2. The molecule has 0 fully saturated rings. The predicted molar refractivity (Wildman–Crippen MR) is 70.3 cm³/mol. The molecule has 0 spiro atoms. The molecule has 1 aliphatic carbocycles. The predicted octanol–water partition coefficient (Wildman–Crippen LogP) is 3.07. The molecule has 1 aliphatic rings. The number of rotatable bonds is 3. The van der Waals surface area contributed by atoms with E-state index in [0.29, 0.717) is 5.92 Å². The third-order valence-electron chi connectivity index (χ3n) is 3.33. The molecule has 3 nitrogen and oxygen atoms in total. The van der Waals surface area contributed by atoms with Crippen LogP contribution in [0.1, 0.15) is 34.5 Å². The number of alkyl halides is 1.